The van der Waals surface area contributed by atoms with Crippen molar-refractivity contribution in [2.24, 2.45) is 0 Å². The number of benzene rings is 1. The first-order valence-corrected chi connectivity index (χ1v) is 5.33. The molecule has 0 saturated heterocycles. The van der Waals surface area contributed by atoms with Gasteiger partial charge in [-0.2, -0.15) is 0 Å². The highest BCUT2D eigenvalue weighted by Crippen LogP contribution is 2.24. The van der Waals surface area contributed by atoms with Crippen molar-refractivity contribution < 1.29 is 9.13 Å². The Labute approximate surface area is 103 Å². The Balaban J connectivity index is 2.19. The highest BCUT2D eigenvalue weighted by Gasteiger charge is 2.07. The van der Waals surface area contributed by atoms with E-state index < -0.39 is 5.82 Å². The van der Waals surface area contributed by atoms with E-state index in [4.69, 9.17) is 16.3 Å². The molecule has 0 spiro atoms. The lowest BCUT2D eigenvalue weighted by Gasteiger charge is -2.06. The lowest BCUT2D eigenvalue weighted by molar-refractivity contribution is 0.423. The maximum Gasteiger partial charge on any atom is 0.255 e. The van der Waals surface area contributed by atoms with E-state index in [0.29, 0.717) is 5.75 Å². The lowest BCUT2D eigenvalue weighted by atomic mass is 10.3. The van der Waals surface area contributed by atoms with E-state index >= 15 is 0 Å². The van der Waals surface area contributed by atoms with Crippen LogP contribution in [0.3, 0.4) is 0 Å². The average molecular weight is 253 g/mol. The van der Waals surface area contributed by atoms with E-state index in [-0.39, 0.29) is 10.9 Å². The summed E-state index contributed by atoms with van der Waals surface area (Å²) in [5.74, 6) is -0.167. The van der Waals surface area contributed by atoms with E-state index in [0.717, 1.165) is 11.8 Å². The topological polar surface area (TPSA) is 34.1 Å². The third kappa shape index (κ3) is 2.85. The standard InChI is InChI=1S/C12H10ClFN2O/c1-15-9-2-4-10(5-3-9)17-12-11(14)6-8(13)7-16-12/h2-7,15H,1H3. The van der Waals surface area contributed by atoms with Gasteiger partial charge in [-0.15, -0.1) is 0 Å². The Morgan fingerprint density at radius 1 is 1.29 bits per heavy atom. The van der Waals surface area contributed by atoms with Crippen molar-refractivity contribution in [3.63, 3.8) is 0 Å². The summed E-state index contributed by atoms with van der Waals surface area (Å²) in [6, 6.07) is 8.25. The van der Waals surface area contributed by atoms with Gasteiger partial charge in [-0.3, -0.25) is 0 Å². The Bertz CT molecular complexity index is 516. The molecule has 0 bridgehead atoms. The summed E-state index contributed by atoms with van der Waals surface area (Å²) in [4.78, 5) is 3.77. The van der Waals surface area contributed by atoms with Crippen LogP contribution in [0.2, 0.25) is 5.02 Å². The number of halogens is 2. The second-order valence-corrected chi connectivity index (χ2v) is 3.75. The van der Waals surface area contributed by atoms with Gasteiger partial charge in [0.15, 0.2) is 5.82 Å². The zero-order valence-corrected chi connectivity index (χ0v) is 9.83. The van der Waals surface area contributed by atoms with Crippen molar-refractivity contribution in [1.82, 2.24) is 4.98 Å². The predicted octanol–water partition coefficient (Wildman–Crippen LogP) is 3.71. The summed E-state index contributed by atoms with van der Waals surface area (Å²) in [7, 11) is 1.82. The molecule has 17 heavy (non-hydrogen) atoms. The largest absolute Gasteiger partial charge is 0.436 e. The minimum Gasteiger partial charge on any atom is -0.436 e. The van der Waals surface area contributed by atoms with Crippen LogP contribution >= 0.6 is 11.6 Å². The molecule has 0 aliphatic heterocycles. The molecule has 0 aliphatic carbocycles. The van der Waals surface area contributed by atoms with E-state index in [9.17, 15) is 4.39 Å². The molecule has 5 heteroatoms. The van der Waals surface area contributed by atoms with Gasteiger partial charge >= 0.3 is 0 Å². The average Bonchev–Trinajstić information content (AvgIpc) is 2.34. The summed E-state index contributed by atoms with van der Waals surface area (Å²) in [5, 5.41) is 3.21. The molecule has 2 aromatic rings. The Hall–Kier alpha value is -1.81. The third-order valence-corrected chi connectivity index (χ3v) is 2.34. The molecule has 0 fully saturated rings. The van der Waals surface area contributed by atoms with Gasteiger partial charge < -0.3 is 10.1 Å². The number of ether oxygens (including phenoxy) is 1. The number of aromatic nitrogens is 1. The van der Waals surface area contributed by atoms with Crippen LogP contribution in [0.15, 0.2) is 36.5 Å². The zero-order chi connectivity index (χ0) is 12.3. The third-order valence-electron chi connectivity index (χ3n) is 2.13. The molecule has 0 aliphatic rings. The number of anilines is 1. The van der Waals surface area contributed by atoms with Crippen LogP contribution in [0.1, 0.15) is 0 Å². The van der Waals surface area contributed by atoms with Gasteiger partial charge in [0.1, 0.15) is 5.75 Å². The molecular formula is C12H10ClFN2O. The zero-order valence-electron chi connectivity index (χ0n) is 9.08. The quantitative estimate of drug-likeness (QED) is 0.904. The van der Waals surface area contributed by atoms with Crippen molar-refractivity contribution in [2.75, 3.05) is 12.4 Å². The number of rotatable bonds is 3. The van der Waals surface area contributed by atoms with Crippen molar-refractivity contribution >= 4 is 17.3 Å². The van der Waals surface area contributed by atoms with Crippen LogP contribution in [0.5, 0.6) is 11.6 Å². The molecular weight excluding hydrogens is 243 g/mol. The predicted molar refractivity (Wildman–Crippen MR) is 65.3 cm³/mol. The summed E-state index contributed by atoms with van der Waals surface area (Å²) in [6.07, 6.45) is 1.34. The molecule has 0 unspecified atom stereocenters. The molecule has 0 amide bonds. The Kier molecular flexibility index (Phi) is 3.44. The Morgan fingerprint density at radius 3 is 2.59 bits per heavy atom. The normalized spacial score (nSPS) is 10.1. The van der Waals surface area contributed by atoms with Gasteiger partial charge in [0.2, 0.25) is 0 Å². The SMILES string of the molecule is CNc1ccc(Oc2ncc(Cl)cc2F)cc1. The van der Waals surface area contributed by atoms with Crippen molar-refractivity contribution in [3.8, 4) is 11.6 Å². The molecule has 1 aromatic heterocycles. The van der Waals surface area contributed by atoms with Crippen LogP contribution in [0.25, 0.3) is 0 Å². The molecule has 1 heterocycles. The fourth-order valence-corrected chi connectivity index (χ4v) is 1.42. The lowest BCUT2D eigenvalue weighted by Crippen LogP contribution is -1.92. The van der Waals surface area contributed by atoms with Crippen molar-refractivity contribution in [2.45, 2.75) is 0 Å². The molecule has 1 aromatic carbocycles. The van der Waals surface area contributed by atoms with E-state index in [1.165, 1.54) is 6.20 Å². The molecule has 3 nitrogen and oxygen atoms in total. The minimum atomic E-state index is -0.588. The van der Waals surface area contributed by atoms with Gasteiger partial charge in [-0.1, -0.05) is 11.6 Å². The number of hydrogen-bond acceptors (Lipinski definition) is 3. The molecule has 1 N–H and O–H groups in total. The highest BCUT2D eigenvalue weighted by atomic mass is 35.5. The van der Waals surface area contributed by atoms with Gasteiger partial charge in [-0.25, -0.2) is 9.37 Å². The molecule has 0 radical (unpaired) electrons. The number of nitrogens with one attached hydrogen (secondary N) is 1. The number of pyridine rings is 1. The van der Waals surface area contributed by atoms with Crippen LogP contribution in [0.4, 0.5) is 10.1 Å². The highest BCUT2D eigenvalue weighted by molar-refractivity contribution is 6.30. The number of nitrogens with zero attached hydrogens (tertiary/aromatic N) is 1. The van der Waals surface area contributed by atoms with E-state index in [2.05, 4.69) is 10.3 Å². The summed E-state index contributed by atoms with van der Waals surface area (Å²) in [5.41, 5.74) is 0.946. The van der Waals surface area contributed by atoms with Gasteiger partial charge in [0.05, 0.1) is 5.02 Å². The van der Waals surface area contributed by atoms with Gasteiger partial charge in [0, 0.05) is 18.9 Å². The maximum atomic E-state index is 13.4. The summed E-state index contributed by atoms with van der Waals surface area (Å²) < 4.78 is 18.7. The fourth-order valence-electron chi connectivity index (χ4n) is 1.28. The molecule has 88 valence electrons. The van der Waals surface area contributed by atoms with Crippen LogP contribution < -0.4 is 10.1 Å². The molecule has 0 saturated carbocycles. The van der Waals surface area contributed by atoms with Crippen molar-refractivity contribution in [1.29, 1.82) is 0 Å². The molecule has 2 rings (SSSR count). The monoisotopic (exact) mass is 252 g/mol. The molecule has 0 atom stereocenters. The van der Waals surface area contributed by atoms with Crippen molar-refractivity contribution in [3.05, 3.63) is 47.4 Å². The summed E-state index contributed by atoms with van der Waals surface area (Å²) in [6.45, 7) is 0. The van der Waals surface area contributed by atoms with Crippen LogP contribution in [-0.4, -0.2) is 12.0 Å². The Morgan fingerprint density at radius 2 is 2.00 bits per heavy atom. The summed E-state index contributed by atoms with van der Waals surface area (Å²) >= 11 is 5.59. The first-order chi connectivity index (χ1) is 8.19. The second kappa shape index (κ2) is 5.01. The maximum absolute atomic E-state index is 13.4. The fraction of sp³-hybridized carbons (Fsp3) is 0.0833. The minimum absolute atomic E-state index is 0.0911. The van der Waals surface area contributed by atoms with Gasteiger partial charge in [0.25, 0.3) is 5.88 Å². The first kappa shape index (κ1) is 11.7. The smallest absolute Gasteiger partial charge is 0.255 e. The first-order valence-electron chi connectivity index (χ1n) is 4.96. The van der Waals surface area contributed by atoms with E-state index in [1.54, 1.807) is 12.1 Å². The number of hydrogen-bond donors (Lipinski definition) is 1. The van der Waals surface area contributed by atoms with Crippen LogP contribution in [0, 0.1) is 5.82 Å². The van der Waals surface area contributed by atoms with E-state index in [1.807, 2.05) is 19.2 Å². The second-order valence-electron chi connectivity index (χ2n) is 3.32. The van der Waals surface area contributed by atoms with Crippen LogP contribution in [-0.2, 0) is 0 Å². The van der Waals surface area contributed by atoms with Gasteiger partial charge in [-0.05, 0) is 30.3 Å².